The van der Waals surface area contributed by atoms with Gasteiger partial charge in [-0.3, -0.25) is 4.90 Å². The van der Waals surface area contributed by atoms with Crippen molar-refractivity contribution in [3.8, 4) is 0 Å². The molecule has 0 spiro atoms. The van der Waals surface area contributed by atoms with Gasteiger partial charge in [-0.2, -0.15) is 0 Å². The van der Waals surface area contributed by atoms with Crippen molar-refractivity contribution in [1.29, 1.82) is 0 Å². The van der Waals surface area contributed by atoms with Crippen molar-refractivity contribution in [2.24, 2.45) is 7.05 Å². The van der Waals surface area contributed by atoms with Crippen LogP contribution in [-0.2, 0) is 20.0 Å². The summed E-state index contributed by atoms with van der Waals surface area (Å²) in [7, 11) is 2.19. The minimum absolute atomic E-state index is 1.08. The summed E-state index contributed by atoms with van der Waals surface area (Å²) < 4.78 is 2.34. The molecule has 108 valence electrons. The van der Waals surface area contributed by atoms with Crippen molar-refractivity contribution in [2.45, 2.75) is 26.8 Å². The molecular weight excluding hydrogens is 246 g/mol. The van der Waals surface area contributed by atoms with E-state index in [-0.39, 0.29) is 0 Å². The fourth-order valence-corrected chi connectivity index (χ4v) is 3.21. The van der Waals surface area contributed by atoms with Gasteiger partial charge in [0, 0.05) is 56.4 Å². The van der Waals surface area contributed by atoms with Crippen LogP contribution in [-0.4, -0.2) is 35.6 Å². The monoisotopic (exact) mass is 271 g/mol. The summed E-state index contributed by atoms with van der Waals surface area (Å²) >= 11 is 0. The molecule has 1 N–H and O–H groups in total. The predicted molar refractivity (Wildman–Crippen MR) is 85.2 cm³/mol. The van der Waals surface area contributed by atoms with Gasteiger partial charge >= 0.3 is 0 Å². The first-order chi connectivity index (χ1) is 9.70. The third kappa shape index (κ3) is 2.36. The molecule has 20 heavy (non-hydrogen) atoms. The molecule has 1 saturated heterocycles. The number of aromatic nitrogens is 1. The van der Waals surface area contributed by atoms with Gasteiger partial charge in [0.05, 0.1) is 0 Å². The van der Waals surface area contributed by atoms with Crippen molar-refractivity contribution in [3.63, 3.8) is 0 Å². The standard InChI is InChI=1S/C17H25N3/c1-4-14-5-6-17-15(11-14)16(13(2)19(17)3)12-20-9-7-18-8-10-20/h5-6,11,18H,4,7-10,12H2,1-3H3. The minimum Gasteiger partial charge on any atom is -0.348 e. The summed E-state index contributed by atoms with van der Waals surface area (Å²) in [5, 5.41) is 4.88. The van der Waals surface area contributed by atoms with Crippen molar-refractivity contribution in [3.05, 3.63) is 35.0 Å². The molecule has 0 amide bonds. The van der Waals surface area contributed by atoms with E-state index in [1.807, 2.05) is 0 Å². The van der Waals surface area contributed by atoms with E-state index in [4.69, 9.17) is 0 Å². The van der Waals surface area contributed by atoms with E-state index in [9.17, 15) is 0 Å². The fraction of sp³-hybridized carbons (Fsp3) is 0.529. The second-order valence-electron chi connectivity index (χ2n) is 5.85. The Bertz CT molecular complexity index is 606. The van der Waals surface area contributed by atoms with Crippen LogP contribution in [0.4, 0.5) is 0 Å². The van der Waals surface area contributed by atoms with E-state index in [0.717, 1.165) is 39.1 Å². The Kier molecular flexibility index (Phi) is 3.81. The van der Waals surface area contributed by atoms with Crippen LogP contribution in [0, 0.1) is 6.92 Å². The van der Waals surface area contributed by atoms with E-state index in [0.29, 0.717) is 0 Å². The van der Waals surface area contributed by atoms with Crippen molar-refractivity contribution in [1.82, 2.24) is 14.8 Å². The van der Waals surface area contributed by atoms with Crippen LogP contribution in [0.3, 0.4) is 0 Å². The molecule has 3 heteroatoms. The number of benzene rings is 1. The molecule has 0 radical (unpaired) electrons. The van der Waals surface area contributed by atoms with Crippen LogP contribution < -0.4 is 5.32 Å². The molecular formula is C17H25N3. The molecule has 1 aliphatic heterocycles. The normalized spacial score (nSPS) is 16.9. The molecule has 0 saturated carbocycles. The number of hydrogen-bond donors (Lipinski definition) is 1. The molecule has 0 atom stereocenters. The van der Waals surface area contributed by atoms with Crippen LogP contribution in [0.15, 0.2) is 18.2 Å². The molecule has 1 aromatic heterocycles. The SMILES string of the molecule is CCc1ccc2c(c1)c(CN1CCNCC1)c(C)n2C. The molecule has 1 aliphatic rings. The lowest BCUT2D eigenvalue weighted by Gasteiger charge is -2.27. The highest BCUT2D eigenvalue weighted by Crippen LogP contribution is 2.27. The highest BCUT2D eigenvalue weighted by molar-refractivity contribution is 5.86. The highest BCUT2D eigenvalue weighted by atomic mass is 15.2. The van der Waals surface area contributed by atoms with Crippen LogP contribution in [0.2, 0.25) is 0 Å². The van der Waals surface area contributed by atoms with E-state index >= 15 is 0 Å². The van der Waals surface area contributed by atoms with E-state index in [2.05, 4.69) is 53.9 Å². The number of hydrogen-bond acceptors (Lipinski definition) is 2. The fourth-order valence-electron chi connectivity index (χ4n) is 3.21. The Morgan fingerprint density at radius 3 is 2.65 bits per heavy atom. The van der Waals surface area contributed by atoms with Crippen molar-refractivity contribution in [2.75, 3.05) is 26.2 Å². The van der Waals surface area contributed by atoms with Crippen LogP contribution >= 0.6 is 0 Å². The zero-order chi connectivity index (χ0) is 14.1. The lowest BCUT2D eigenvalue weighted by molar-refractivity contribution is 0.233. The Balaban J connectivity index is 2.01. The summed E-state index contributed by atoms with van der Waals surface area (Å²) in [5.41, 5.74) is 5.72. The molecule has 3 rings (SSSR count). The Hall–Kier alpha value is -1.32. The maximum Gasteiger partial charge on any atom is 0.0483 e. The first kappa shape index (κ1) is 13.7. The number of aryl methyl sites for hydroxylation is 2. The third-order valence-corrected chi connectivity index (χ3v) is 4.69. The Labute approximate surface area is 121 Å². The number of nitrogens with zero attached hydrogens (tertiary/aromatic N) is 2. The molecule has 0 aliphatic carbocycles. The lowest BCUT2D eigenvalue weighted by Crippen LogP contribution is -2.42. The molecule has 0 bridgehead atoms. The van der Waals surface area contributed by atoms with Gasteiger partial charge in [-0.15, -0.1) is 0 Å². The second-order valence-corrected chi connectivity index (χ2v) is 5.85. The summed E-state index contributed by atoms with van der Waals surface area (Å²) in [6, 6.07) is 6.93. The summed E-state index contributed by atoms with van der Waals surface area (Å²) in [4.78, 5) is 2.57. The largest absolute Gasteiger partial charge is 0.348 e. The lowest BCUT2D eigenvalue weighted by atomic mass is 10.1. The zero-order valence-electron chi connectivity index (χ0n) is 12.9. The molecule has 2 aromatic rings. The Morgan fingerprint density at radius 1 is 1.20 bits per heavy atom. The maximum absolute atomic E-state index is 3.43. The average Bonchev–Trinajstić information content (AvgIpc) is 2.73. The van der Waals surface area contributed by atoms with Gasteiger partial charge in [0.1, 0.15) is 0 Å². The maximum atomic E-state index is 3.43. The molecule has 1 fully saturated rings. The van der Waals surface area contributed by atoms with E-state index in [1.165, 1.54) is 27.7 Å². The van der Waals surface area contributed by atoms with Gasteiger partial charge in [-0.05, 0) is 36.6 Å². The van der Waals surface area contributed by atoms with Crippen molar-refractivity contribution >= 4 is 10.9 Å². The first-order valence-electron chi connectivity index (χ1n) is 7.70. The Morgan fingerprint density at radius 2 is 1.95 bits per heavy atom. The van der Waals surface area contributed by atoms with Crippen LogP contribution in [0.5, 0.6) is 0 Å². The third-order valence-electron chi connectivity index (χ3n) is 4.69. The summed E-state index contributed by atoms with van der Waals surface area (Å²) in [5.74, 6) is 0. The van der Waals surface area contributed by atoms with Gasteiger partial charge in [0.15, 0.2) is 0 Å². The van der Waals surface area contributed by atoms with Crippen LogP contribution in [0.25, 0.3) is 10.9 Å². The van der Waals surface area contributed by atoms with E-state index in [1.54, 1.807) is 0 Å². The number of nitrogens with one attached hydrogen (secondary N) is 1. The summed E-state index contributed by atoms with van der Waals surface area (Å²) in [6.07, 6.45) is 1.11. The van der Waals surface area contributed by atoms with Crippen LogP contribution in [0.1, 0.15) is 23.7 Å². The van der Waals surface area contributed by atoms with Crippen molar-refractivity contribution < 1.29 is 0 Å². The van der Waals surface area contributed by atoms with Gasteiger partial charge in [-0.25, -0.2) is 0 Å². The quantitative estimate of drug-likeness (QED) is 0.925. The molecule has 3 nitrogen and oxygen atoms in total. The predicted octanol–water partition coefficient (Wildman–Crippen LogP) is 2.45. The second kappa shape index (κ2) is 5.58. The number of rotatable bonds is 3. The average molecular weight is 271 g/mol. The topological polar surface area (TPSA) is 20.2 Å². The molecule has 1 aromatic carbocycles. The van der Waals surface area contributed by atoms with Gasteiger partial charge < -0.3 is 9.88 Å². The van der Waals surface area contributed by atoms with Gasteiger partial charge in [-0.1, -0.05) is 13.0 Å². The highest BCUT2D eigenvalue weighted by Gasteiger charge is 2.16. The smallest absolute Gasteiger partial charge is 0.0483 e. The first-order valence-corrected chi connectivity index (χ1v) is 7.70. The molecule has 0 unspecified atom stereocenters. The number of piperazine rings is 1. The van der Waals surface area contributed by atoms with E-state index < -0.39 is 0 Å². The van der Waals surface area contributed by atoms with Gasteiger partial charge in [0.2, 0.25) is 0 Å². The number of fused-ring (bicyclic) bond motifs is 1. The molecule has 2 heterocycles. The minimum atomic E-state index is 1.08. The summed E-state index contributed by atoms with van der Waals surface area (Å²) in [6.45, 7) is 10.1. The van der Waals surface area contributed by atoms with Gasteiger partial charge in [0.25, 0.3) is 0 Å². The zero-order valence-corrected chi connectivity index (χ0v) is 12.9.